The maximum Gasteiger partial charge on any atom is 0.0763 e. The average Bonchev–Trinajstić information content (AvgIpc) is 2.40. The summed E-state index contributed by atoms with van der Waals surface area (Å²) < 4.78 is 0. The molecule has 1 heterocycles. The summed E-state index contributed by atoms with van der Waals surface area (Å²) in [5, 5.41) is 0.623. The average molecular weight is 256 g/mol. The van der Waals surface area contributed by atoms with Crippen LogP contribution in [0.15, 0.2) is 0 Å². The summed E-state index contributed by atoms with van der Waals surface area (Å²) in [4.78, 5) is 2.84. The normalized spacial score (nSPS) is 28.6. The number of hydrogen-bond acceptors (Lipinski definition) is 1. The summed E-state index contributed by atoms with van der Waals surface area (Å²) >= 11 is 0. The van der Waals surface area contributed by atoms with Crippen molar-refractivity contribution in [2.45, 2.75) is 83.6 Å². The van der Waals surface area contributed by atoms with Gasteiger partial charge in [-0.15, -0.1) is 0 Å². The lowest BCUT2D eigenvalue weighted by molar-refractivity contribution is 0.138. The molecule has 0 N–H and O–H groups in total. The van der Waals surface area contributed by atoms with Gasteiger partial charge < -0.3 is 4.90 Å². The van der Waals surface area contributed by atoms with Crippen molar-refractivity contribution in [3.8, 4) is 0 Å². The predicted octanol–water partition coefficient (Wildman–Crippen LogP) is 4.69. The monoisotopic (exact) mass is 255 g/mol. The van der Waals surface area contributed by atoms with E-state index in [1.807, 2.05) is 0 Å². The van der Waals surface area contributed by atoms with E-state index in [1.54, 1.807) is 6.04 Å². The van der Waals surface area contributed by atoms with Crippen LogP contribution in [0.2, 0.25) is 18.1 Å². The van der Waals surface area contributed by atoms with E-state index in [1.165, 1.54) is 50.9 Å². The minimum Gasteiger partial charge on any atom is -0.301 e. The molecule has 1 rings (SSSR count). The molecule has 1 nitrogen and oxygen atoms in total. The van der Waals surface area contributed by atoms with Gasteiger partial charge in [0.05, 0.1) is 8.07 Å². The highest BCUT2D eigenvalue weighted by Crippen LogP contribution is 2.46. The Morgan fingerprint density at radius 1 is 0.941 bits per heavy atom. The standard InChI is InChI=1S/C15H33NSi/c1-6-15(16(7-2)8-3)13-11-12-14-17(15,9-4)10-5/h6-14H2,1-5H3. The topological polar surface area (TPSA) is 3.24 Å². The quantitative estimate of drug-likeness (QED) is 0.622. The zero-order valence-electron chi connectivity index (χ0n) is 12.8. The van der Waals surface area contributed by atoms with E-state index in [-0.39, 0.29) is 0 Å². The van der Waals surface area contributed by atoms with Crippen molar-refractivity contribution in [1.82, 2.24) is 4.90 Å². The molecule has 0 aromatic carbocycles. The van der Waals surface area contributed by atoms with Crippen LogP contribution in [0.4, 0.5) is 0 Å². The Morgan fingerprint density at radius 2 is 1.53 bits per heavy atom. The molecule has 1 fully saturated rings. The molecule has 1 atom stereocenters. The van der Waals surface area contributed by atoms with Crippen molar-refractivity contribution in [3.63, 3.8) is 0 Å². The van der Waals surface area contributed by atoms with E-state index >= 15 is 0 Å². The second-order valence-electron chi connectivity index (χ2n) is 5.75. The molecule has 0 bridgehead atoms. The van der Waals surface area contributed by atoms with Crippen molar-refractivity contribution in [1.29, 1.82) is 0 Å². The molecule has 102 valence electrons. The first-order chi connectivity index (χ1) is 8.16. The van der Waals surface area contributed by atoms with Gasteiger partial charge in [0.2, 0.25) is 0 Å². The maximum absolute atomic E-state index is 2.84. The van der Waals surface area contributed by atoms with E-state index in [2.05, 4.69) is 39.5 Å². The summed E-state index contributed by atoms with van der Waals surface area (Å²) in [6, 6.07) is 4.58. The van der Waals surface area contributed by atoms with E-state index in [4.69, 9.17) is 0 Å². The van der Waals surface area contributed by atoms with Crippen molar-refractivity contribution in [3.05, 3.63) is 0 Å². The summed E-state index contributed by atoms with van der Waals surface area (Å²) in [6.07, 6.45) is 5.86. The fourth-order valence-corrected chi connectivity index (χ4v) is 11.1. The van der Waals surface area contributed by atoms with Gasteiger partial charge in [0.15, 0.2) is 0 Å². The fraction of sp³-hybridized carbons (Fsp3) is 1.00. The summed E-state index contributed by atoms with van der Waals surface area (Å²) in [5.74, 6) is 0. The van der Waals surface area contributed by atoms with Gasteiger partial charge in [-0.1, -0.05) is 65.6 Å². The van der Waals surface area contributed by atoms with Crippen LogP contribution in [0, 0.1) is 0 Å². The summed E-state index contributed by atoms with van der Waals surface area (Å²) in [6.45, 7) is 14.6. The second kappa shape index (κ2) is 6.37. The molecule has 0 radical (unpaired) electrons. The van der Waals surface area contributed by atoms with Crippen LogP contribution < -0.4 is 0 Å². The first kappa shape index (κ1) is 15.2. The molecule has 17 heavy (non-hydrogen) atoms. The van der Waals surface area contributed by atoms with Crippen molar-refractivity contribution in [2.75, 3.05) is 13.1 Å². The lowest BCUT2D eigenvalue weighted by Gasteiger charge is -2.57. The lowest BCUT2D eigenvalue weighted by Crippen LogP contribution is -2.68. The first-order valence-electron chi connectivity index (χ1n) is 7.91. The Labute approximate surface area is 110 Å². The zero-order valence-corrected chi connectivity index (χ0v) is 13.8. The van der Waals surface area contributed by atoms with Crippen LogP contribution in [-0.2, 0) is 0 Å². The first-order valence-corrected chi connectivity index (χ1v) is 10.5. The summed E-state index contributed by atoms with van der Waals surface area (Å²) in [5.41, 5.74) is 0. The van der Waals surface area contributed by atoms with Gasteiger partial charge >= 0.3 is 0 Å². The van der Waals surface area contributed by atoms with Crippen molar-refractivity contribution in [2.24, 2.45) is 0 Å². The largest absolute Gasteiger partial charge is 0.301 e. The molecular formula is C15H33NSi. The Hall–Kier alpha value is 0.177. The van der Waals surface area contributed by atoms with E-state index < -0.39 is 8.07 Å². The van der Waals surface area contributed by atoms with Gasteiger partial charge in [0.1, 0.15) is 0 Å². The minimum absolute atomic E-state index is 0.623. The molecule has 1 aliphatic rings. The third kappa shape index (κ3) is 2.35. The third-order valence-electron chi connectivity index (χ3n) is 5.79. The van der Waals surface area contributed by atoms with Crippen LogP contribution in [0.3, 0.4) is 0 Å². The van der Waals surface area contributed by atoms with Crippen LogP contribution >= 0.6 is 0 Å². The molecule has 1 saturated heterocycles. The Balaban J connectivity index is 3.14. The fourth-order valence-electron chi connectivity index (χ4n) is 4.74. The molecular weight excluding hydrogens is 222 g/mol. The van der Waals surface area contributed by atoms with Crippen molar-refractivity contribution < 1.29 is 0 Å². The highest BCUT2D eigenvalue weighted by molar-refractivity contribution is 6.82. The van der Waals surface area contributed by atoms with Crippen LogP contribution in [0.5, 0.6) is 0 Å². The molecule has 0 aliphatic carbocycles. The van der Waals surface area contributed by atoms with Gasteiger partial charge in [-0.25, -0.2) is 0 Å². The van der Waals surface area contributed by atoms with Gasteiger partial charge in [0, 0.05) is 5.16 Å². The Kier molecular flexibility index (Phi) is 5.71. The second-order valence-corrected chi connectivity index (χ2v) is 11.2. The predicted molar refractivity (Wildman–Crippen MR) is 81.3 cm³/mol. The smallest absolute Gasteiger partial charge is 0.0763 e. The molecule has 1 unspecified atom stereocenters. The van der Waals surface area contributed by atoms with Crippen molar-refractivity contribution >= 4 is 8.07 Å². The highest BCUT2D eigenvalue weighted by Gasteiger charge is 2.53. The Bertz CT molecular complexity index is 221. The van der Waals surface area contributed by atoms with E-state index in [0.29, 0.717) is 5.16 Å². The van der Waals surface area contributed by atoms with Gasteiger partial charge in [-0.05, 0) is 25.9 Å². The molecule has 0 aromatic heterocycles. The van der Waals surface area contributed by atoms with E-state index in [0.717, 1.165) is 0 Å². The van der Waals surface area contributed by atoms with Gasteiger partial charge in [-0.2, -0.15) is 0 Å². The SMILES string of the molecule is CCN(CC)C1(CC)CCCC[Si]1(CC)CC. The van der Waals surface area contributed by atoms with E-state index in [9.17, 15) is 0 Å². The molecule has 0 saturated carbocycles. The summed E-state index contributed by atoms with van der Waals surface area (Å²) in [7, 11) is -1.09. The minimum atomic E-state index is -1.09. The Morgan fingerprint density at radius 3 is 1.94 bits per heavy atom. The lowest BCUT2D eigenvalue weighted by atomic mass is 10.0. The van der Waals surface area contributed by atoms with Gasteiger partial charge in [0.25, 0.3) is 0 Å². The number of nitrogens with zero attached hydrogens (tertiary/aromatic N) is 1. The molecule has 0 aromatic rings. The number of hydrogen-bond donors (Lipinski definition) is 0. The van der Waals surface area contributed by atoms with Crippen LogP contribution in [0.25, 0.3) is 0 Å². The maximum atomic E-state index is 2.84. The molecule has 2 heteroatoms. The number of rotatable bonds is 6. The molecule has 0 spiro atoms. The third-order valence-corrected chi connectivity index (χ3v) is 12.7. The van der Waals surface area contributed by atoms with Crippen LogP contribution in [0.1, 0.15) is 60.3 Å². The zero-order chi connectivity index (χ0) is 12.9. The van der Waals surface area contributed by atoms with Crippen LogP contribution in [-0.4, -0.2) is 31.2 Å². The molecule has 0 amide bonds. The highest BCUT2D eigenvalue weighted by atomic mass is 28.3. The van der Waals surface area contributed by atoms with Gasteiger partial charge in [-0.3, -0.25) is 0 Å². The molecule has 1 aliphatic heterocycles.